The molecule has 16 nitrogen and oxygen atoms in total. The van der Waals surface area contributed by atoms with Gasteiger partial charge in [-0.15, -0.1) is 0 Å². The summed E-state index contributed by atoms with van der Waals surface area (Å²) in [5, 5.41) is 42.0. The molecule has 3 saturated heterocycles. The Kier molecular flexibility index (Phi) is 20.0. The predicted octanol–water partition coefficient (Wildman–Crippen LogP) is 6.69. The number of ether oxygens (including phenoxy) is 7. The highest BCUT2D eigenvalue weighted by molar-refractivity contribution is 6.70. The van der Waals surface area contributed by atoms with Crippen molar-refractivity contribution in [1.29, 1.82) is 0 Å². The number of esters is 1. The van der Waals surface area contributed by atoms with E-state index in [9.17, 15) is 20.1 Å². The van der Waals surface area contributed by atoms with Crippen molar-refractivity contribution >= 4 is 28.3 Å². The minimum absolute atomic E-state index is 0.0346. The van der Waals surface area contributed by atoms with Crippen molar-refractivity contribution in [2.24, 2.45) is 28.8 Å². The normalized spacial score (nSPS) is 43.0. The molecular weight excluding hydrogens is 873 g/mol. The van der Waals surface area contributed by atoms with Gasteiger partial charge in [0.1, 0.15) is 17.8 Å². The SMILES string of the molecule is CC[C@H]1OC(=O)[C@H](C)[C@@H](O[C@H]2C[C@@](C)(OC)[C@@H](O[Si](C)(C)C)[C@H](C)O2)[C@H](C)[C@@H](O[C@@H]2O[C@H](C)C[C@H](N(C)C)[C@H]2O[Si](C)(C)C)[C@](C)(O)C[C@@H](C)/C(=N\OC(C)(C)OC)[C@H](C)[C@@H](O)[C@]1(C)O. The van der Waals surface area contributed by atoms with Crippen LogP contribution in [-0.4, -0.2) is 167 Å². The highest BCUT2D eigenvalue weighted by Crippen LogP contribution is 2.42. The van der Waals surface area contributed by atoms with Crippen LogP contribution < -0.4 is 0 Å². The third-order valence-corrected chi connectivity index (χ3v) is 15.6. The molecule has 0 unspecified atom stereocenters. The Morgan fingerprint density at radius 2 is 1.43 bits per heavy atom. The maximum absolute atomic E-state index is 14.7. The van der Waals surface area contributed by atoms with Crippen molar-refractivity contribution in [3.63, 3.8) is 0 Å². The minimum Gasteiger partial charge on any atom is -0.459 e. The lowest BCUT2D eigenvalue weighted by atomic mass is 9.73. The quantitative estimate of drug-likeness (QED) is 0.0724. The van der Waals surface area contributed by atoms with Gasteiger partial charge in [-0.3, -0.25) is 4.79 Å². The van der Waals surface area contributed by atoms with E-state index in [-0.39, 0.29) is 31.4 Å². The van der Waals surface area contributed by atoms with Crippen LogP contribution in [-0.2, 0) is 51.6 Å². The molecule has 382 valence electrons. The molecular formula is C47H92N2O14Si2. The number of nitrogens with zero attached hydrogens (tertiary/aromatic N) is 2. The average molecular weight is 965 g/mol. The largest absolute Gasteiger partial charge is 0.459 e. The lowest BCUT2D eigenvalue weighted by molar-refractivity contribution is -0.315. The van der Waals surface area contributed by atoms with Gasteiger partial charge < -0.3 is 67.1 Å². The molecule has 0 aromatic rings. The van der Waals surface area contributed by atoms with Gasteiger partial charge in [-0.1, -0.05) is 32.9 Å². The topological polar surface area (TPSA) is 186 Å². The Balaban J connectivity index is 2.35. The molecule has 3 aliphatic heterocycles. The molecule has 0 radical (unpaired) electrons. The second kappa shape index (κ2) is 22.3. The summed E-state index contributed by atoms with van der Waals surface area (Å²) in [5.74, 6) is -5.02. The Labute approximate surface area is 394 Å². The fourth-order valence-corrected chi connectivity index (χ4v) is 12.2. The number of aliphatic hydroxyl groups is 3. The zero-order valence-electron chi connectivity index (χ0n) is 44.2. The van der Waals surface area contributed by atoms with E-state index in [1.165, 1.54) is 14.0 Å². The number of carbonyl (C=O) groups is 1. The number of methoxy groups -OCH3 is 2. The second-order valence-electron chi connectivity index (χ2n) is 22.7. The van der Waals surface area contributed by atoms with Crippen LogP contribution in [0.15, 0.2) is 5.16 Å². The maximum Gasteiger partial charge on any atom is 0.311 e. The van der Waals surface area contributed by atoms with E-state index in [2.05, 4.69) is 49.3 Å². The summed E-state index contributed by atoms with van der Waals surface area (Å²) in [5.41, 5.74) is -4.12. The zero-order chi connectivity index (χ0) is 50.0. The van der Waals surface area contributed by atoms with E-state index < -0.39 is 124 Å². The molecule has 0 spiro atoms. The molecule has 0 aromatic carbocycles. The number of hydrogen-bond acceptors (Lipinski definition) is 16. The lowest BCUT2D eigenvalue weighted by Crippen LogP contribution is -2.62. The van der Waals surface area contributed by atoms with Gasteiger partial charge in [0, 0.05) is 58.3 Å². The van der Waals surface area contributed by atoms with Gasteiger partial charge in [0.15, 0.2) is 29.2 Å². The van der Waals surface area contributed by atoms with E-state index in [0.717, 1.165) is 0 Å². The van der Waals surface area contributed by atoms with E-state index in [4.69, 9.17) is 46.8 Å². The molecule has 0 aromatic heterocycles. The van der Waals surface area contributed by atoms with Gasteiger partial charge in [-0.2, -0.15) is 0 Å². The molecule has 3 fully saturated rings. The van der Waals surface area contributed by atoms with Crippen LogP contribution in [0.2, 0.25) is 39.3 Å². The smallest absolute Gasteiger partial charge is 0.311 e. The first-order valence-corrected chi connectivity index (χ1v) is 30.7. The average Bonchev–Trinajstić information content (AvgIpc) is 3.17. The summed E-state index contributed by atoms with van der Waals surface area (Å²) in [6.07, 6.45) is -6.97. The van der Waals surface area contributed by atoms with Gasteiger partial charge in [0.25, 0.3) is 0 Å². The van der Waals surface area contributed by atoms with Crippen LogP contribution in [0, 0.1) is 23.7 Å². The highest BCUT2D eigenvalue weighted by Gasteiger charge is 2.55. The van der Waals surface area contributed by atoms with Crippen LogP contribution in [0.4, 0.5) is 0 Å². The third-order valence-electron chi connectivity index (χ3n) is 13.6. The molecule has 0 amide bonds. The lowest BCUT2D eigenvalue weighted by Gasteiger charge is -2.51. The van der Waals surface area contributed by atoms with Crippen molar-refractivity contribution in [1.82, 2.24) is 4.90 Å². The monoisotopic (exact) mass is 965 g/mol. The fourth-order valence-electron chi connectivity index (χ4n) is 9.90. The number of oxime groups is 1. The summed E-state index contributed by atoms with van der Waals surface area (Å²) >= 11 is 0. The van der Waals surface area contributed by atoms with Crippen LogP contribution in [0.3, 0.4) is 0 Å². The summed E-state index contributed by atoms with van der Waals surface area (Å²) in [6.45, 7) is 34.2. The Bertz CT molecular complexity index is 1550. The van der Waals surface area contributed by atoms with Crippen molar-refractivity contribution in [3.8, 4) is 0 Å². The first kappa shape index (κ1) is 58.2. The first-order chi connectivity index (χ1) is 29.5. The van der Waals surface area contributed by atoms with Crippen LogP contribution >= 0.6 is 0 Å². The summed E-state index contributed by atoms with van der Waals surface area (Å²) < 4.78 is 59.1. The van der Waals surface area contributed by atoms with Gasteiger partial charge >= 0.3 is 5.97 Å². The van der Waals surface area contributed by atoms with Gasteiger partial charge in [0.2, 0.25) is 5.79 Å². The predicted molar refractivity (Wildman–Crippen MR) is 255 cm³/mol. The van der Waals surface area contributed by atoms with E-state index >= 15 is 0 Å². The summed E-state index contributed by atoms with van der Waals surface area (Å²) in [6, 6.07) is -0.0783. The van der Waals surface area contributed by atoms with Crippen LogP contribution in [0.1, 0.15) is 109 Å². The van der Waals surface area contributed by atoms with Crippen molar-refractivity contribution in [3.05, 3.63) is 0 Å². The molecule has 65 heavy (non-hydrogen) atoms. The molecule has 3 rings (SSSR count). The molecule has 18 heteroatoms. The molecule has 3 aliphatic rings. The molecule has 3 heterocycles. The Morgan fingerprint density at radius 1 is 0.846 bits per heavy atom. The molecule has 0 bridgehead atoms. The van der Waals surface area contributed by atoms with Gasteiger partial charge in [0.05, 0.1) is 59.5 Å². The van der Waals surface area contributed by atoms with E-state index in [0.29, 0.717) is 12.1 Å². The molecule has 18 atom stereocenters. The number of hydrogen-bond donors (Lipinski definition) is 3. The number of rotatable bonds is 14. The summed E-state index contributed by atoms with van der Waals surface area (Å²) in [7, 11) is 2.90. The molecule has 0 saturated carbocycles. The highest BCUT2D eigenvalue weighted by atomic mass is 28.4. The van der Waals surface area contributed by atoms with E-state index in [1.807, 2.05) is 48.7 Å². The van der Waals surface area contributed by atoms with Gasteiger partial charge in [-0.05, 0) is 114 Å². The number of carbonyl (C=O) groups excluding carboxylic acids is 1. The third kappa shape index (κ3) is 15.0. The standard InChI is InChI=1S/C47H92N2O14Si2/c1-23-34-47(12,53)39(50)29(4)36(48-63-44(8,9)54-15)27(2)25-45(10,52)40(60-43-38(61-64(17,18)19)33(49(13)14)24-28(3)56-43)30(5)37(31(6)42(51)58-34)59-35-26-46(11,55-16)41(32(7)57-35)62-65(20,21)22/h27-35,37-41,43,50,52-53H,23-26H2,1-22H3/b48-36+/t27-,28-,29+,30+,31-,32+,33+,34-,35+,37+,38-,39-,40-,41+,43+,45-,46-,47-/m1/s1. The van der Waals surface area contributed by atoms with Crippen molar-refractivity contribution in [2.45, 2.75) is 238 Å². The van der Waals surface area contributed by atoms with Crippen molar-refractivity contribution < 1.29 is 67.0 Å². The number of aliphatic hydroxyl groups excluding tert-OH is 1. The maximum atomic E-state index is 14.7. The van der Waals surface area contributed by atoms with Crippen LogP contribution in [0.25, 0.3) is 0 Å². The fraction of sp³-hybridized carbons (Fsp3) is 0.957. The Hall–Kier alpha value is -1.11. The Morgan fingerprint density at radius 3 is 1.94 bits per heavy atom. The van der Waals surface area contributed by atoms with Crippen LogP contribution in [0.5, 0.6) is 0 Å². The molecule has 3 N–H and O–H groups in total. The summed E-state index contributed by atoms with van der Waals surface area (Å²) in [4.78, 5) is 22.8. The minimum atomic E-state index is -2.22. The van der Waals surface area contributed by atoms with Gasteiger partial charge in [-0.25, -0.2) is 0 Å². The number of cyclic esters (lactones) is 1. The van der Waals surface area contributed by atoms with E-state index in [1.54, 1.807) is 48.7 Å². The zero-order valence-corrected chi connectivity index (χ0v) is 46.2. The second-order valence-corrected chi connectivity index (χ2v) is 31.6. The molecule has 0 aliphatic carbocycles. The van der Waals surface area contributed by atoms with Crippen molar-refractivity contribution in [2.75, 3.05) is 28.3 Å². The first-order valence-electron chi connectivity index (χ1n) is 23.9. The number of likely N-dealkylation sites (N-methyl/N-ethyl adjacent to an activating group) is 1.